The van der Waals surface area contributed by atoms with Crippen molar-refractivity contribution in [2.45, 2.75) is 39.0 Å². The molecule has 1 amide bonds. The number of hydrogen-bond donors (Lipinski definition) is 2. The van der Waals surface area contributed by atoms with Crippen molar-refractivity contribution in [1.82, 2.24) is 25.7 Å². The normalized spacial score (nSPS) is 15.3. The van der Waals surface area contributed by atoms with Gasteiger partial charge in [-0.3, -0.25) is 9.79 Å². The number of carbonyl (C=O) groups is 1. The first-order chi connectivity index (χ1) is 14.6. The Bertz CT molecular complexity index is 838. The van der Waals surface area contributed by atoms with Crippen LogP contribution in [-0.4, -0.2) is 60.6 Å². The number of hydrogen-bond acceptors (Lipinski definition) is 5. The van der Waals surface area contributed by atoms with Gasteiger partial charge in [-0.05, 0) is 42.9 Å². The van der Waals surface area contributed by atoms with E-state index >= 15 is 0 Å². The van der Waals surface area contributed by atoms with Gasteiger partial charge < -0.3 is 20.1 Å². The Morgan fingerprint density at radius 2 is 2.00 bits per heavy atom. The van der Waals surface area contributed by atoms with Gasteiger partial charge >= 0.3 is 0 Å². The molecular weight excluding hydrogens is 380 g/mol. The van der Waals surface area contributed by atoms with Gasteiger partial charge in [-0.25, -0.2) is 0 Å². The maximum atomic E-state index is 11.6. The number of piperidine rings is 1. The van der Waals surface area contributed by atoms with Crippen molar-refractivity contribution in [2.24, 2.45) is 10.9 Å². The topological polar surface area (TPSA) is 95.7 Å². The van der Waals surface area contributed by atoms with Gasteiger partial charge in [0.1, 0.15) is 0 Å². The van der Waals surface area contributed by atoms with Crippen molar-refractivity contribution in [1.29, 1.82) is 0 Å². The standard InChI is InChI=1S/C22H32N6O2/c1-4-19-26-21(30-27-19)18-7-5-16(6-8-18)9-12-25-22(24-3)28-13-10-17(11-14-28)15-20(29)23-2/h5-8,17H,4,9-15H2,1-3H3,(H,23,29)(H,24,25). The SMILES string of the molecule is CCc1noc(-c2ccc(CCNC(=NC)N3CCC(CC(=O)NC)CC3)cc2)n1. The highest BCUT2D eigenvalue weighted by atomic mass is 16.5. The highest BCUT2D eigenvalue weighted by Crippen LogP contribution is 2.21. The van der Waals surface area contributed by atoms with E-state index in [9.17, 15) is 4.79 Å². The quantitative estimate of drug-likeness (QED) is 0.535. The number of aromatic nitrogens is 2. The van der Waals surface area contributed by atoms with Crippen LogP contribution in [0.15, 0.2) is 33.8 Å². The second kappa shape index (κ2) is 10.8. The molecule has 0 atom stereocenters. The number of nitrogens with zero attached hydrogens (tertiary/aromatic N) is 4. The molecule has 0 bridgehead atoms. The lowest BCUT2D eigenvalue weighted by molar-refractivity contribution is -0.121. The molecule has 1 aliphatic heterocycles. The Labute approximate surface area is 178 Å². The molecule has 0 aliphatic carbocycles. The van der Waals surface area contributed by atoms with Crippen LogP contribution in [0.25, 0.3) is 11.5 Å². The summed E-state index contributed by atoms with van der Waals surface area (Å²) in [6.07, 6.45) is 4.32. The van der Waals surface area contributed by atoms with Gasteiger partial charge in [0.25, 0.3) is 5.89 Å². The number of aryl methyl sites for hydroxylation is 1. The van der Waals surface area contributed by atoms with Gasteiger partial charge in [0, 0.05) is 52.1 Å². The minimum atomic E-state index is 0.131. The molecule has 30 heavy (non-hydrogen) atoms. The van der Waals surface area contributed by atoms with Gasteiger partial charge in [0.2, 0.25) is 5.91 Å². The highest BCUT2D eigenvalue weighted by Gasteiger charge is 2.22. The molecule has 162 valence electrons. The molecule has 2 heterocycles. The molecular formula is C22H32N6O2. The van der Waals surface area contributed by atoms with E-state index < -0.39 is 0 Å². The Balaban J connectivity index is 1.44. The van der Waals surface area contributed by atoms with Crippen LogP contribution in [-0.2, 0) is 17.6 Å². The average Bonchev–Trinajstić information content (AvgIpc) is 3.27. The van der Waals surface area contributed by atoms with Gasteiger partial charge in [0.15, 0.2) is 11.8 Å². The highest BCUT2D eigenvalue weighted by molar-refractivity contribution is 5.80. The average molecular weight is 413 g/mol. The van der Waals surface area contributed by atoms with Crippen molar-refractivity contribution in [3.63, 3.8) is 0 Å². The van der Waals surface area contributed by atoms with E-state index in [-0.39, 0.29) is 5.91 Å². The van der Waals surface area contributed by atoms with Crippen molar-refractivity contribution >= 4 is 11.9 Å². The summed E-state index contributed by atoms with van der Waals surface area (Å²) < 4.78 is 5.29. The molecule has 1 fully saturated rings. The summed E-state index contributed by atoms with van der Waals surface area (Å²) in [4.78, 5) is 22.7. The van der Waals surface area contributed by atoms with Crippen molar-refractivity contribution in [3.05, 3.63) is 35.7 Å². The monoisotopic (exact) mass is 412 g/mol. The number of guanidine groups is 1. The van der Waals surface area contributed by atoms with E-state index in [2.05, 4.69) is 42.8 Å². The van der Waals surface area contributed by atoms with Crippen LogP contribution in [0.1, 0.15) is 37.6 Å². The molecule has 8 heteroatoms. The number of carbonyl (C=O) groups excluding carboxylic acids is 1. The van der Waals surface area contributed by atoms with Crippen LogP contribution < -0.4 is 10.6 Å². The fraction of sp³-hybridized carbons (Fsp3) is 0.545. The fourth-order valence-corrected chi connectivity index (χ4v) is 3.69. The van der Waals surface area contributed by atoms with Crippen molar-refractivity contribution in [3.8, 4) is 11.5 Å². The van der Waals surface area contributed by atoms with Crippen molar-refractivity contribution in [2.75, 3.05) is 33.7 Å². The predicted octanol–water partition coefficient (Wildman–Crippen LogP) is 2.26. The molecule has 1 aromatic carbocycles. The predicted molar refractivity (Wildman–Crippen MR) is 117 cm³/mol. The van der Waals surface area contributed by atoms with Crippen LogP contribution in [0.4, 0.5) is 0 Å². The first-order valence-electron chi connectivity index (χ1n) is 10.7. The van der Waals surface area contributed by atoms with Gasteiger partial charge in [-0.2, -0.15) is 4.98 Å². The Morgan fingerprint density at radius 1 is 1.27 bits per heavy atom. The maximum absolute atomic E-state index is 11.6. The minimum absolute atomic E-state index is 0.131. The lowest BCUT2D eigenvalue weighted by Gasteiger charge is -2.34. The molecule has 1 aromatic heterocycles. The number of rotatable bonds is 7. The number of nitrogens with one attached hydrogen (secondary N) is 2. The largest absolute Gasteiger partial charge is 0.359 e. The third kappa shape index (κ3) is 5.81. The van der Waals surface area contributed by atoms with E-state index in [1.54, 1.807) is 7.05 Å². The summed E-state index contributed by atoms with van der Waals surface area (Å²) in [5, 5.41) is 10.1. The first-order valence-corrected chi connectivity index (χ1v) is 10.7. The summed E-state index contributed by atoms with van der Waals surface area (Å²) in [6.45, 7) is 4.68. The molecule has 1 saturated heterocycles. The molecule has 0 radical (unpaired) electrons. The molecule has 2 N–H and O–H groups in total. The molecule has 1 aliphatic rings. The molecule has 2 aromatic rings. The van der Waals surface area contributed by atoms with E-state index in [0.29, 0.717) is 18.2 Å². The van der Waals surface area contributed by atoms with E-state index in [1.165, 1.54) is 5.56 Å². The van der Waals surface area contributed by atoms with Gasteiger partial charge in [0.05, 0.1) is 0 Å². The van der Waals surface area contributed by atoms with Gasteiger partial charge in [-0.15, -0.1) is 0 Å². The van der Waals surface area contributed by atoms with Crippen LogP contribution in [0.2, 0.25) is 0 Å². The number of amides is 1. The first kappa shape index (κ1) is 21.8. The second-order valence-electron chi connectivity index (χ2n) is 7.60. The number of likely N-dealkylation sites (tertiary alicyclic amines) is 1. The minimum Gasteiger partial charge on any atom is -0.359 e. The lowest BCUT2D eigenvalue weighted by Crippen LogP contribution is -2.46. The lowest BCUT2D eigenvalue weighted by atomic mass is 9.93. The summed E-state index contributed by atoms with van der Waals surface area (Å²) in [7, 11) is 3.52. The Morgan fingerprint density at radius 3 is 2.60 bits per heavy atom. The summed E-state index contributed by atoms with van der Waals surface area (Å²) in [5.41, 5.74) is 2.18. The number of benzene rings is 1. The summed E-state index contributed by atoms with van der Waals surface area (Å²) in [5.74, 6) is 2.82. The van der Waals surface area contributed by atoms with Crippen LogP contribution in [0, 0.1) is 5.92 Å². The molecule has 0 spiro atoms. The van der Waals surface area contributed by atoms with E-state index in [1.807, 2.05) is 26.1 Å². The third-order valence-corrected chi connectivity index (χ3v) is 5.56. The van der Waals surface area contributed by atoms with Gasteiger partial charge in [-0.1, -0.05) is 24.2 Å². The Hall–Kier alpha value is -2.90. The summed E-state index contributed by atoms with van der Waals surface area (Å²) in [6, 6.07) is 8.24. The molecule has 8 nitrogen and oxygen atoms in total. The van der Waals surface area contributed by atoms with Crippen molar-refractivity contribution < 1.29 is 9.32 Å². The summed E-state index contributed by atoms with van der Waals surface area (Å²) >= 11 is 0. The molecule has 3 rings (SSSR count). The fourth-order valence-electron chi connectivity index (χ4n) is 3.69. The zero-order valence-corrected chi connectivity index (χ0v) is 18.1. The van der Waals surface area contributed by atoms with Crippen LogP contribution >= 0.6 is 0 Å². The smallest absolute Gasteiger partial charge is 0.257 e. The van der Waals surface area contributed by atoms with Crippen LogP contribution in [0.5, 0.6) is 0 Å². The van der Waals surface area contributed by atoms with E-state index in [4.69, 9.17) is 4.52 Å². The Kier molecular flexibility index (Phi) is 7.82. The van der Waals surface area contributed by atoms with E-state index in [0.717, 1.165) is 62.7 Å². The molecule has 0 saturated carbocycles. The molecule has 0 unspecified atom stereocenters. The second-order valence-corrected chi connectivity index (χ2v) is 7.60. The zero-order chi connectivity index (χ0) is 21.3. The van der Waals surface area contributed by atoms with Crippen LogP contribution in [0.3, 0.4) is 0 Å². The third-order valence-electron chi connectivity index (χ3n) is 5.56. The zero-order valence-electron chi connectivity index (χ0n) is 18.1. The maximum Gasteiger partial charge on any atom is 0.257 e. The number of aliphatic imine (C=N–C) groups is 1.